The van der Waals surface area contributed by atoms with Crippen LogP contribution < -0.4 is 5.73 Å². The van der Waals surface area contributed by atoms with Crippen molar-refractivity contribution in [1.82, 2.24) is 8.75 Å². The van der Waals surface area contributed by atoms with Crippen LogP contribution in [0.2, 0.25) is 0 Å². The van der Waals surface area contributed by atoms with Crippen LogP contribution in [-0.2, 0) is 0 Å². The molecule has 1 atom stereocenters. The third-order valence-corrected chi connectivity index (χ3v) is 1.69. The molecule has 9 heavy (non-hydrogen) atoms. The summed E-state index contributed by atoms with van der Waals surface area (Å²) in [5.41, 5.74) is 6.55. The third kappa shape index (κ3) is 1.46. The molecule has 0 aliphatic heterocycles. The molecule has 1 unspecified atom stereocenters. The lowest BCUT2D eigenvalue weighted by atomic mass is 10.2. The normalized spacial score (nSPS) is 13.6. The summed E-state index contributed by atoms with van der Waals surface area (Å²) in [5.74, 6) is 0. The Kier molecular flexibility index (Phi) is 2.13. The molecule has 0 aliphatic rings. The molecule has 0 spiro atoms. The molecular formula is C5H9N3S. The second-order valence-electron chi connectivity index (χ2n) is 1.85. The standard InChI is InChI=1S/C5H9N3S/c1-2-4(6)5-3-7-9-8-5/h3-4H,2,6H2,1H3. The summed E-state index contributed by atoms with van der Waals surface area (Å²) in [5, 5.41) is 0. The molecule has 0 amide bonds. The van der Waals surface area contributed by atoms with E-state index in [9.17, 15) is 0 Å². The molecule has 0 saturated heterocycles. The summed E-state index contributed by atoms with van der Waals surface area (Å²) in [4.78, 5) is 0. The summed E-state index contributed by atoms with van der Waals surface area (Å²) >= 11 is 1.20. The molecular weight excluding hydrogens is 134 g/mol. The van der Waals surface area contributed by atoms with E-state index in [0.29, 0.717) is 0 Å². The van der Waals surface area contributed by atoms with Crippen molar-refractivity contribution in [2.75, 3.05) is 0 Å². The van der Waals surface area contributed by atoms with Crippen LogP contribution in [0, 0.1) is 0 Å². The molecule has 0 saturated carbocycles. The van der Waals surface area contributed by atoms with Gasteiger partial charge >= 0.3 is 0 Å². The molecule has 2 N–H and O–H groups in total. The molecule has 0 aromatic carbocycles. The van der Waals surface area contributed by atoms with Crippen molar-refractivity contribution >= 4 is 11.7 Å². The lowest BCUT2D eigenvalue weighted by Crippen LogP contribution is -2.08. The molecule has 1 rings (SSSR count). The number of hydrogen-bond acceptors (Lipinski definition) is 4. The first-order valence-corrected chi connectivity index (χ1v) is 3.60. The summed E-state index contributed by atoms with van der Waals surface area (Å²) in [6, 6.07) is 0.0729. The average Bonchev–Trinajstić information content (AvgIpc) is 2.37. The fraction of sp³-hybridized carbons (Fsp3) is 0.600. The van der Waals surface area contributed by atoms with Crippen molar-refractivity contribution in [3.63, 3.8) is 0 Å². The van der Waals surface area contributed by atoms with Gasteiger partial charge in [0.1, 0.15) is 0 Å². The van der Waals surface area contributed by atoms with Crippen molar-refractivity contribution < 1.29 is 0 Å². The van der Waals surface area contributed by atoms with Crippen LogP contribution in [0.15, 0.2) is 6.20 Å². The van der Waals surface area contributed by atoms with Crippen LogP contribution in [0.3, 0.4) is 0 Å². The Hall–Kier alpha value is -0.480. The van der Waals surface area contributed by atoms with Crippen molar-refractivity contribution in [3.8, 4) is 0 Å². The highest BCUT2D eigenvalue weighted by molar-refractivity contribution is 6.99. The van der Waals surface area contributed by atoms with Gasteiger partial charge in [-0.05, 0) is 6.42 Å². The van der Waals surface area contributed by atoms with Gasteiger partial charge in [-0.25, -0.2) is 0 Å². The van der Waals surface area contributed by atoms with E-state index in [-0.39, 0.29) is 6.04 Å². The highest BCUT2D eigenvalue weighted by atomic mass is 32.1. The first-order valence-electron chi connectivity index (χ1n) is 2.87. The maximum Gasteiger partial charge on any atom is 0.0909 e. The molecule has 3 nitrogen and oxygen atoms in total. The highest BCUT2D eigenvalue weighted by Gasteiger charge is 2.03. The van der Waals surface area contributed by atoms with Gasteiger partial charge in [0.05, 0.1) is 23.6 Å². The number of hydrogen-bond donors (Lipinski definition) is 1. The van der Waals surface area contributed by atoms with Crippen LogP contribution in [0.4, 0.5) is 0 Å². The third-order valence-electron chi connectivity index (χ3n) is 1.20. The molecule has 0 bridgehead atoms. The van der Waals surface area contributed by atoms with Crippen LogP contribution in [-0.4, -0.2) is 8.75 Å². The first-order chi connectivity index (χ1) is 4.34. The maximum atomic E-state index is 5.64. The SMILES string of the molecule is CCC(N)c1cnsn1. The Bertz CT molecular complexity index is 161. The second-order valence-corrected chi connectivity index (χ2v) is 2.40. The molecule has 1 heterocycles. The van der Waals surface area contributed by atoms with Gasteiger partial charge in [0, 0.05) is 6.04 Å². The second kappa shape index (κ2) is 2.89. The van der Waals surface area contributed by atoms with Crippen molar-refractivity contribution in [2.24, 2.45) is 5.73 Å². The van der Waals surface area contributed by atoms with Crippen molar-refractivity contribution in [1.29, 1.82) is 0 Å². The molecule has 0 aliphatic carbocycles. The van der Waals surface area contributed by atoms with E-state index in [2.05, 4.69) is 8.75 Å². The zero-order valence-electron chi connectivity index (χ0n) is 5.24. The lowest BCUT2D eigenvalue weighted by molar-refractivity contribution is 0.682. The van der Waals surface area contributed by atoms with E-state index in [1.54, 1.807) is 6.20 Å². The Labute approximate surface area is 58.2 Å². The van der Waals surface area contributed by atoms with Gasteiger partial charge in [-0.2, -0.15) is 8.75 Å². The predicted octanol–water partition coefficient (Wildman–Crippen LogP) is 0.948. The molecule has 0 fully saturated rings. The van der Waals surface area contributed by atoms with Crippen LogP contribution in [0.1, 0.15) is 25.1 Å². The molecule has 50 valence electrons. The zero-order valence-corrected chi connectivity index (χ0v) is 6.06. The molecule has 1 aromatic heterocycles. The summed E-state index contributed by atoms with van der Waals surface area (Å²) in [6.07, 6.45) is 2.64. The zero-order chi connectivity index (χ0) is 6.69. The molecule has 0 radical (unpaired) electrons. The lowest BCUT2D eigenvalue weighted by Gasteiger charge is -2.00. The molecule has 1 aromatic rings. The number of rotatable bonds is 2. The fourth-order valence-corrected chi connectivity index (χ4v) is 1.02. The monoisotopic (exact) mass is 143 g/mol. The van der Waals surface area contributed by atoms with E-state index in [4.69, 9.17) is 5.73 Å². The minimum Gasteiger partial charge on any atom is -0.323 e. The van der Waals surface area contributed by atoms with E-state index >= 15 is 0 Å². The van der Waals surface area contributed by atoms with Gasteiger partial charge in [0.2, 0.25) is 0 Å². The summed E-state index contributed by atoms with van der Waals surface area (Å²) in [7, 11) is 0. The summed E-state index contributed by atoms with van der Waals surface area (Å²) in [6.45, 7) is 2.03. The number of nitrogens with zero attached hydrogens (tertiary/aromatic N) is 2. The Morgan fingerprint density at radius 2 is 2.67 bits per heavy atom. The molecule has 4 heteroatoms. The highest BCUT2D eigenvalue weighted by Crippen LogP contribution is 2.09. The number of aromatic nitrogens is 2. The fourth-order valence-electron chi connectivity index (χ4n) is 0.544. The predicted molar refractivity (Wildman–Crippen MR) is 37.1 cm³/mol. The van der Waals surface area contributed by atoms with Gasteiger partial charge < -0.3 is 5.73 Å². The largest absolute Gasteiger partial charge is 0.323 e. The maximum absolute atomic E-state index is 5.64. The average molecular weight is 143 g/mol. The van der Waals surface area contributed by atoms with Gasteiger partial charge in [-0.15, -0.1) is 0 Å². The van der Waals surface area contributed by atoms with E-state index < -0.39 is 0 Å². The van der Waals surface area contributed by atoms with Gasteiger partial charge in [0.15, 0.2) is 0 Å². The van der Waals surface area contributed by atoms with Gasteiger partial charge in [-0.1, -0.05) is 6.92 Å². The Morgan fingerprint density at radius 1 is 1.89 bits per heavy atom. The van der Waals surface area contributed by atoms with Gasteiger partial charge in [0.25, 0.3) is 0 Å². The van der Waals surface area contributed by atoms with Crippen molar-refractivity contribution in [2.45, 2.75) is 19.4 Å². The Balaban J connectivity index is 2.65. The minimum absolute atomic E-state index is 0.0729. The van der Waals surface area contributed by atoms with E-state index in [1.807, 2.05) is 6.92 Å². The van der Waals surface area contributed by atoms with E-state index in [1.165, 1.54) is 11.7 Å². The van der Waals surface area contributed by atoms with E-state index in [0.717, 1.165) is 12.1 Å². The first kappa shape index (κ1) is 6.64. The van der Waals surface area contributed by atoms with Crippen LogP contribution in [0.5, 0.6) is 0 Å². The van der Waals surface area contributed by atoms with Gasteiger partial charge in [-0.3, -0.25) is 0 Å². The van der Waals surface area contributed by atoms with Crippen molar-refractivity contribution in [3.05, 3.63) is 11.9 Å². The topological polar surface area (TPSA) is 51.8 Å². The Morgan fingerprint density at radius 3 is 3.11 bits per heavy atom. The van der Waals surface area contributed by atoms with Crippen LogP contribution in [0.25, 0.3) is 0 Å². The quantitative estimate of drug-likeness (QED) is 0.670. The van der Waals surface area contributed by atoms with Crippen LogP contribution >= 0.6 is 11.7 Å². The number of nitrogens with two attached hydrogens (primary N) is 1. The minimum atomic E-state index is 0.0729. The summed E-state index contributed by atoms with van der Waals surface area (Å²) < 4.78 is 7.83. The smallest absolute Gasteiger partial charge is 0.0909 e.